The van der Waals surface area contributed by atoms with Gasteiger partial charge in [-0.3, -0.25) is 13.9 Å². The van der Waals surface area contributed by atoms with Gasteiger partial charge in [0.05, 0.1) is 17.7 Å². The van der Waals surface area contributed by atoms with Gasteiger partial charge in [-0.15, -0.1) is 0 Å². The summed E-state index contributed by atoms with van der Waals surface area (Å²) in [7, 11) is -2.88. The summed E-state index contributed by atoms with van der Waals surface area (Å²) in [6, 6.07) is 28.5. The van der Waals surface area contributed by atoms with Crippen LogP contribution in [0.15, 0.2) is 108 Å². The summed E-state index contributed by atoms with van der Waals surface area (Å²) in [6.45, 7) is 7.01. The van der Waals surface area contributed by atoms with Crippen LogP contribution in [0.2, 0.25) is 5.02 Å². The van der Waals surface area contributed by atoms with E-state index in [0.29, 0.717) is 0 Å². The number of hydrogen-bond donors (Lipinski definition) is 1. The Balaban J connectivity index is 1.87. The average Bonchev–Trinajstić information content (AvgIpc) is 3.02. The Bertz CT molecular complexity index is 1760. The van der Waals surface area contributed by atoms with Crippen LogP contribution in [0.5, 0.6) is 5.75 Å². The molecule has 4 aromatic rings. The predicted octanol–water partition coefficient (Wildman–Crippen LogP) is 6.41. The third-order valence-corrected chi connectivity index (χ3v) is 9.40. The number of anilines is 1. The molecule has 0 aliphatic heterocycles. The van der Waals surface area contributed by atoms with Crippen LogP contribution < -0.4 is 14.4 Å². The van der Waals surface area contributed by atoms with Crippen LogP contribution in [0.25, 0.3) is 0 Å². The van der Waals surface area contributed by atoms with E-state index in [1.165, 1.54) is 30.2 Å². The van der Waals surface area contributed by atoms with E-state index in [9.17, 15) is 18.0 Å². The first-order valence-electron chi connectivity index (χ1n) is 14.9. The quantitative estimate of drug-likeness (QED) is 0.189. The predicted molar refractivity (Wildman–Crippen MR) is 183 cm³/mol. The highest BCUT2D eigenvalue weighted by Gasteiger charge is 2.36. The lowest BCUT2D eigenvalue weighted by molar-refractivity contribution is -0.140. The Morgan fingerprint density at radius 1 is 0.891 bits per heavy atom. The summed E-state index contributed by atoms with van der Waals surface area (Å²) in [5, 5.41) is 3.30. The van der Waals surface area contributed by atoms with Crippen LogP contribution >= 0.6 is 11.6 Å². The summed E-state index contributed by atoms with van der Waals surface area (Å²) in [5.41, 5.74) is 2.13. The standard InChI is InChI=1S/C36H40ClN3O5S/c1-26-14-12-13-17-28(26)24-39(32(35(42)38-36(2,3)4)22-27-15-8-6-9-16-27)34(41)25-40(31-23-29(37)20-21-33(31)45-5)46(43,44)30-18-10-7-11-19-30/h6-21,23,32H,22,24-25H2,1-5H3,(H,38,42). The second kappa shape index (κ2) is 14.8. The van der Waals surface area contributed by atoms with Crippen molar-refractivity contribution in [1.29, 1.82) is 0 Å². The van der Waals surface area contributed by atoms with E-state index >= 15 is 0 Å². The third kappa shape index (κ3) is 8.68. The first kappa shape index (κ1) is 34.5. The van der Waals surface area contributed by atoms with Gasteiger partial charge < -0.3 is 15.0 Å². The molecule has 1 atom stereocenters. The SMILES string of the molecule is COc1ccc(Cl)cc1N(CC(=O)N(Cc1ccccc1C)C(Cc1ccccc1)C(=O)NC(C)(C)C)S(=O)(=O)c1ccccc1. The zero-order valence-corrected chi connectivity index (χ0v) is 28.3. The third-order valence-electron chi connectivity index (χ3n) is 7.39. The monoisotopic (exact) mass is 661 g/mol. The number of aryl methyl sites for hydroxylation is 1. The van der Waals surface area contributed by atoms with Gasteiger partial charge in [-0.1, -0.05) is 84.4 Å². The molecule has 0 heterocycles. The molecule has 4 rings (SSSR count). The second-order valence-corrected chi connectivity index (χ2v) is 14.3. The lowest BCUT2D eigenvalue weighted by Crippen LogP contribution is -2.56. The highest BCUT2D eigenvalue weighted by atomic mass is 35.5. The van der Waals surface area contributed by atoms with Gasteiger partial charge in [0.2, 0.25) is 11.8 Å². The van der Waals surface area contributed by atoms with Gasteiger partial charge in [-0.05, 0) is 74.7 Å². The van der Waals surface area contributed by atoms with Crippen molar-refractivity contribution < 1.29 is 22.7 Å². The molecule has 0 aliphatic carbocycles. The number of nitrogens with one attached hydrogen (secondary N) is 1. The minimum atomic E-state index is -4.30. The number of sulfonamides is 1. The van der Waals surface area contributed by atoms with Gasteiger partial charge in [0.15, 0.2) is 0 Å². The van der Waals surface area contributed by atoms with E-state index in [1.54, 1.807) is 30.3 Å². The number of methoxy groups -OCH3 is 1. The molecule has 0 aromatic heterocycles. The molecule has 1 unspecified atom stereocenters. The van der Waals surface area contributed by atoms with E-state index in [0.717, 1.165) is 21.0 Å². The molecule has 1 N–H and O–H groups in total. The maximum atomic E-state index is 14.7. The fourth-order valence-electron chi connectivity index (χ4n) is 5.07. The van der Waals surface area contributed by atoms with Crippen LogP contribution in [-0.2, 0) is 32.6 Å². The van der Waals surface area contributed by atoms with E-state index < -0.39 is 34.1 Å². The maximum Gasteiger partial charge on any atom is 0.264 e. The Morgan fingerprint density at radius 3 is 2.11 bits per heavy atom. The fourth-order valence-corrected chi connectivity index (χ4v) is 6.67. The second-order valence-electron chi connectivity index (χ2n) is 12.0. The van der Waals surface area contributed by atoms with Gasteiger partial charge in [0.25, 0.3) is 10.0 Å². The number of carbonyl (C=O) groups excluding carboxylic acids is 2. The number of hydrogen-bond acceptors (Lipinski definition) is 5. The topological polar surface area (TPSA) is 96.0 Å². The molecule has 8 nitrogen and oxygen atoms in total. The van der Waals surface area contributed by atoms with Gasteiger partial charge in [-0.25, -0.2) is 8.42 Å². The highest BCUT2D eigenvalue weighted by molar-refractivity contribution is 7.92. The molecule has 242 valence electrons. The van der Waals surface area contributed by atoms with Crippen LogP contribution in [0.4, 0.5) is 5.69 Å². The number of carbonyl (C=O) groups is 2. The Morgan fingerprint density at radius 2 is 1.50 bits per heavy atom. The lowest BCUT2D eigenvalue weighted by atomic mass is 10.00. The van der Waals surface area contributed by atoms with Crippen molar-refractivity contribution in [3.8, 4) is 5.75 Å². The fraction of sp³-hybridized carbons (Fsp3) is 0.278. The molecule has 0 bridgehead atoms. The largest absolute Gasteiger partial charge is 0.495 e. The van der Waals surface area contributed by atoms with Crippen molar-refractivity contribution in [3.05, 3.63) is 125 Å². The molecule has 0 saturated heterocycles. The van der Waals surface area contributed by atoms with Crippen LogP contribution in [0.3, 0.4) is 0 Å². The number of benzene rings is 4. The van der Waals surface area contributed by atoms with Gasteiger partial charge >= 0.3 is 0 Å². The summed E-state index contributed by atoms with van der Waals surface area (Å²) in [5.74, 6) is -0.709. The number of nitrogens with zero attached hydrogens (tertiary/aromatic N) is 2. The molecule has 4 aromatic carbocycles. The van der Waals surface area contributed by atoms with Crippen molar-refractivity contribution in [2.24, 2.45) is 0 Å². The molecule has 0 radical (unpaired) electrons. The van der Waals surface area contributed by atoms with Gasteiger partial charge in [0, 0.05) is 23.5 Å². The first-order chi connectivity index (χ1) is 21.8. The van der Waals surface area contributed by atoms with E-state index in [2.05, 4.69) is 5.32 Å². The van der Waals surface area contributed by atoms with Crippen molar-refractivity contribution >= 4 is 39.1 Å². The van der Waals surface area contributed by atoms with Gasteiger partial charge in [-0.2, -0.15) is 0 Å². The first-order valence-corrected chi connectivity index (χ1v) is 16.7. The zero-order chi connectivity index (χ0) is 33.5. The van der Waals surface area contributed by atoms with Crippen molar-refractivity contribution in [2.75, 3.05) is 18.0 Å². The Labute approximate surface area is 277 Å². The molecule has 0 aliphatic rings. The molecular weight excluding hydrogens is 622 g/mol. The normalized spacial score (nSPS) is 12.2. The average molecular weight is 662 g/mol. The van der Waals surface area contributed by atoms with Crippen molar-refractivity contribution in [2.45, 2.75) is 57.1 Å². The number of amides is 2. The minimum absolute atomic E-state index is 0.0124. The highest BCUT2D eigenvalue weighted by Crippen LogP contribution is 2.35. The van der Waals surface area contributed by atoms with Crippen LogP contribution in [-0.4, -0.2) is 50.4 Å². The van der Waals surface area contributed by atoms with E-state index in [1.807, 2.05) is 82.3 Å². The van der Waals surface area contributed by atoms with Crippen LogP contribution in [0.1, 0.15) is 37.5 Å². The van der Waals surface area contributed by atoms with Gasteiger partial charge in [0.1, 0.15) is 18.3 Å². The Kier molecular flexibility index (Phi) is 11.1. The van der Waals surface area contributed by atoms with Crippen LogP contribution in [0, 0.1) is 6.92 Å². The number of ether oxygens (including phenoxy) is 1. The molecule has 0 fully saturated rings. The number of halogens is 1. The van der Waals surface area contributed by atoms with Crippen molar-refractivity contribution in [3.63, 3.8) is 0 Å². The molecular formula is C36H40ClN3O5S. The molecule has 10 heteroatoms. The van der Waals surface area contributed by atoms with E-state index in [4.69, 9.17) is 16.3 Å². The lowest BCUT2D eigenvalue weighted by Gasteiger charge is -2.35. The summed E-state index contributed by atoms with van der Waals surface area (Å²) >= 11 is 6.36. The smallest absolute Gasteiger partial charge is 0.264 e. The molecule has 0 spiro atoms. The Hall–Kier alpha value is -4.34. The number of rotatable bonds is 12. The summed E-state index contributed by atoms with van der Waals surface area (Å²) in [6.07, 6.45) is 0.215. The maximum absolute atomic E-state index is 14.7. The van der Waals surface area contributed by atoms with E-state index in [-0.39, 0.29) is 40.2 Å². The summed E-state index contributed by atoms with van der Waals surface area (Å²) in [4.78, 5) is 30.2. The minimum Gasteiger partial charge on any atom is -0.495 e. The molecule has 2 amide bonds. The summed E-state index contributed by atoms with van der Waals surface area (Å²) < 4.78 is 35.0. The molecule has 0 saturated carbocycles. The zero-order valence-electron chi connectivity index (χ0n) is 26.7. The van der Waals surface area contributed by atoms with Crippen molar-refractivity contribution in [1.82, 2.24) is 10.2 Å². The molecule has 46 heavy (non-hydrogen) atoms.